The lowest BCUT2D eigenvalue weighted by atomic mass is 9.70. The maximum atomic E-state index is 4.68. The summed E-state index contributed by atoms with van der Waals surface area (Å²) in [4.78, 5) is 4.68. The Morgan fingerprint density at radius 1 is 0.571 bits per heavy atom. The van der Waals surface area contributed by atoms with Crippen molar-refractivity contribution in [1.82, 2.24) is 4.98 Å². The molecule has 3 aromatic rings. The third-order valence-corrected chi connectivity index (χ3v) is 8.14. The molecule has 0 atom stereocenters. The summed E-state index contributed by atoms with van der Waals surface area (Å²) in [5, 5.41) is 0. The highest BCUT2D eigenvalue weighted by Crippen LogP contribution is 2.54. The summed E-state index contributed by atoms with van der Waals surface area (Å²) in [5.41, 5.74) is 8.54. The number of hydrogen-bond donors (Lipinski definition) is 0. The number of hydrogen-bond acceptors (Lipinski definition) is 1. The third kappa shape index (κ3) is 6.05. The largest absolute Gasteiger partial charge is 0.256 e. The van der Waals surface area contributed by atoms with Crippen molar-refractivity contribution in [2.24, 2.45) is 0 Å². The highest BCUT2D eigenvalue weighted by atomic mass is 14.7. The van der Waals surface area contributed by atoms with Crippen molar-refractivity contribution in [3.63, 3.8) is 0 Å². The van der Waals surface area contributed by atoms with Crippen molar-refractivity contribution in [2.75, 3.05) is 0 Å². The van der Waals surface area contributed by atoms with E-state index in [4.69, 9.17) is 0 Å². The highest BCUT2D eigenvalue weighted by molar-refractivity contribution is 5.83. The Balaban J connectivity index is 1.64. The first kappa shape index (κ1) is 25.7. The van der Waals surface area contributed by atoms with E-state index in [9.17, 15) is 0 Å². The van der Waals surface area contributed by atoms with Crippen LogP contribution in [0.15, 0.2) is 66.9 Å². The summed E-state index contributed by atoms with van der Waals surface area (Å²) in [5.74, 6) is 0. The predicted octanol–water partition coefficient (Wildman–Crippen LogP) is 10.5. The van der Waals surface area contributed by atoms with Crippen LogP contribution in [0.5, 0.6) is 0 Å². The molecule has 1 aromatic heterocycles. The molecule has 0 amide bonds. The van der Waals surface area contributed by atoms with Gasteiger partial charge in [0, 0.05) is 17.2 Å². The fraction of sp³-hybridized carbons (Fsp3) is 0.500. The second kappa shape index (κ2) is 13.1. The molecule has 0 fully saturated rings. The predicted molar refractivity (Wildman–Crippen MR) is 152 cm³/mol. The van der Waals surface area contributed by atoms with Gasteiger partial charge in [-0.25, -0.2) is 0 Å². The van der Waals surface area contributed by atoms with Crippen molar-refractivity contribution in [3.05, 3.63) is 78.0 Å². The molecule has 1 heteroatoms. The zero-order valence-corrected chi connectivity index (χ0v) is 22.2. The zero-order chi connectivity index (χ0) is 24.3. The van der Waals surface area contributed by atoms with Gasteiger partial charge in [0.1, 0.15) is 0 Å². The van der Waals surface area contributed by atoms with Crippen molar-refractivity contribution in [1.29, 1.82) is 0 Å². The van der Waals surface area contributed by atoms with Crippen LogP contribution < -0.4 is 0 Å². The quantitative estimate of drug-likeness (QED) is 0.202. The summed E-state index contributed by atoms with van der Waals surface area (Å²) in [6, 6.07) is 22.7. The van der Waals surface area contributed by atoms with Gasteiger partial charge in [-0.3, -0.25) is 4.98 Å². The summed E-state index contributed by atoms with van der Waals surface area (Å²) in [6.45, 7) is 4.61. The van der Waals surface area contributed by atoms with Crippen LogP contribution in [0.2, 0.25) is 0 Å². The third-order valence-electron chi connectivity index (χ3n) is 8.14. The minimum Gasteiger partial charge on any atom is -0.256 e. The lowest BCUT2D eigenvalue weighted by Gasteiger charge is -2.33. The molecule has 0 saturated heterocycles. The molecule has 2 aromatic carbocycles. The first-order valence-electron chi connectivity index (χ1n) is 14.5. The van der Waals surface area contributed by atoms with Crippen LogP contribution in [0.1, 0.15) is 115 Å². The fourth-order valence-corrected chi connectivity index (χ4v) is 6.23. The van der Waals surface area contributed by atoms with E-state index in [1.165, 1.54) is 107 Å². The molecule has 1 nitrogen and oxygen atoms in total. The average Bonchev–Trinajstić information content (AvgIpc) is 3.18. The smallest absolute Gasteiger partial charge is 0.0702 e. The summed E-state index contributed by atoms with van der Waals surface area (Å²) in [6.07, 6.45) is 20.7. The highest BCUT2D eigenvalue weighted by Gasteiger charge is 2.42. The standard InChI is InChI=1S/C34H45N/c1-3-5-7-9-11-16-24-34(25-17-12-10-8-6-4-2)31-20-14-13-19-29(31)30-23-22-28(27-32(30)34)33-21-15-18-26-35-33/h13-15,18-23,26-27H,3-12,16-17,24-25H2,1-2H3. The lowest BCUT2D eigenvalue weighted by Crippen LogP contribution is -2.25. The fourth-order valence-electron chi connectivity index (χ4n) is 6.23. The molecule has 35 heavy (non-hydrogen) atoms. The second-order valence-electron chi connectivity index (χ2n) is 10.6. The number of pyridine rings is 1. The Bertz CT molecular complexity index is 1020. The van der Waals surface area contributed by atoms with E-state index in [-0.39, 0.29) is 5.41 Å². The van der Waals surface area contributed by atoms with Gasteiger partial charge in [0.05, 0.1) is 5.69 Å². The molecular weight excluding hydrogens is 422 g/mol. The van der Waals surface area contributed by atoms with Gasteiger partial charge in [-0.2, -0.15) is 0 Å². The van der Waals surface area contributed by atoms with E-state index in [0.29, 0.717) is 0 Å². The minimum absolute atomic E-state index is 0.145. The molecule has 1 aliphatic carbocycles. The van der Waals surface area contributed by atoms with E-state index in [1.807, 2.05) is 12.3 Å². The maximum Gasteiger partial charge on any atom is 0.0702 e. The molecule has 0 N–H and O–H groups in total. The summed E-state index contributed by atoms with van der Waals surface area (Å²) >= 11 is 0. The molecule has 0 radical (unpaired) electrons. The summed E-state index contributed by atoms with van der Waals surface area (Å²) in [7, 11) is 0. The normalized spacial score (nSPS) is 13.5. The summed E-state index contributed by atoms with van der Waals surface area (Å²) < 4.78 is 0. The number of nitrogens with zero attached hydrogens (tertiary/aromatic N) is 1. The van der Waals surface area contributed by atoms with Crippen LogP contribution in [0, 0.1) is 0 Å². The molecule has 186 valence electrons. The van der Waals surface area contributed by atoms with Crippen molar-refractivity contribution in [3.8, 4) is 22.4 Å². The Labute approximate surface area is 214 Å². The topological polar surface area (TPSA) is 12.9 Å². The van der Waals surface area contributed by atoms with Gasteiger partial charge in [-0.1, -0.05) is 133 Å². The average molecular weight is 468 g/mol. The van der Waals surface area contributed by atoms with E-state index in [2.05, 4.69) is 73.4 Å². The van der Waals surface area contributed by atoms with Crippen LogP contribution in [0.4, 0.5) is 0 Å². The number of aromatic nitrogens is 1. The molecule has 1 heterocycles. The molecule has 0 unspecified atom stereocenters. The Hall–Kier alpha value is -2.41. The van der Waals surface area contributed by atoms with Gasteiger partial charge >= 0.3 is 0 Å². The minimum atomic E-state index is 0.145. The zero-order valence-electron chi connectivity index (χ0n) is 22.2. The molecular formula is C34H45N. The van der Waals surface area contributed by atoms with Crippen LogP contribution in [0.25, 0.3) is 22.4 Å². The molecule has 0 saturated carbocycles. The maximum absolute atomic E-state index is 4.68. The molecule has 1 aliphatic rings. The van der Waals surface area contributed by atoms with E-state index < -0.39 is 0 Å². The first-order chi connectivity index (χ1) is 17.3. The monoisotopic (exact) mass is 467 g/mol. The van der Waals surface area contributed by atoms with E-state index >= 15 is 0 Å². The Morgan fingerprint density at radius 3 is 1.83 bits per heavy atom. The van der Waals surface area contributed by atoms with Gasteiger partial charge in [0.2, 0.25) is 0 Å². The SMILES string of the molecule is CCCCCCCCC1(CCCCCCCC)c2ccccc2-c2ccc(-c3ccccn3)cc21. The van der Waals surface area contributed by atoms with Crippen LogP contribution in [0.3, 0.4) is 0 Å². The van der Waals surface area contributed by atoms with Crippen molar-refractivity contribution in [2.45, 2.75) is 109 Å². The molecule has 0 aliphatic heterocycles. The number of unbranched alkanes of at least 4 members (excludes halogenated alkanes) is 10. The second-order valence-corrected chi connectivity index (χ2v) is 10.6. The van der Waals surface area contributed by atoms with E-state index in [1.54, 1.807) is 11.1 Å². The van der Waals surface area contributed by atoms with Crippen LogP contribution in [-0.2, 0) is 5.41 Å². The van der Waals surface area contributed by atoms with Gasteiger partial charge in [0.15, 0.2) is 0 Å². The molecule has 0 spiro atoms. The van der Waals surface area contributed by atoms with Gasteiger partial charge < -0.3 is 0 Å². The molecule has 0 bridgehead atoms. The lowest BCUT2D eigenvalue weighted by molar-refractivity contribution is 0.398. The van der Waals surface area contributed by atoms with Crippen LogP contribution >= 0.6 is 0 Å². The van der Waals surface area contributed by atoms with Crippen LogP contribution in [-0.4, -0.2) is 4.98 Å². The molecule has 4 rings (SSSR count). The number of rotatable bonds is 15. The van der Waals surface area contributed by atoms with Crippen molar-refractivity contribution < 1.29 is 0 Å². The van der Waals surface area contributed by atoms with Gasteiger partial charge in [-0.15, -0.1) is 0 Å². The Kier molecular flexibility index (Phi) is 9.57. The van der Waals surface area contributed by atoms with Crippen molar-refractivity contribution >= 4 is 0 Å². The number of fused-ring (bicyclic) bond motifs is 3. The first-order valence-corrected chi connectivity index (χ1v) is 14.5. The van der Waals surface area contributed by atoms with Gasteiger partial charge in [-0.05, 0) is 53.3 Å². The van der Waals surface area contributed by atoms with E-state index in [0.717, 1.165) is 5.69 Å². The van der Waals surface area contributed by atoms with Gasteiger partial charge in [0.25, 0.3) is 0 Å². The Morgan fingerprint density at radius 2 is 1.17 bits per heavy atom. The number of benzene rings is 2.